The molecule has 2 aromatic carbocycles. The minimum atomic E-state index is -0.272. The summed E-state index contributed by atoms with van der Waals surface area (Å²) in [4.78, 5) is 4.50. The fraction of sp³-hybridized carbons (Fsp3) is 0.118. The highest BCUT2D eigenvalue weighted by molar-refractivity contribution is 7.22. The summed E-state index contributed by atoms with van der Waals surface area (Å²) in [6.07, 6.45) is 0. The van der Waals surface area contributed by atoms with E-state index in [1.54, 1.807) is 11.3 Å². The van der Waals surface area contributed by atoms with Crippen LogP contribution in [-0.2, 0) is 0 Å². The molecular weight excluding hydrogens is 297 g/mol. The Morgan fingerprint density at radius 3 is 2.68 bits per heavy atom. The van der Waals surface area contributed by atoms with E-state index in [1.165, 1.54) is 17.7 Å². The molecule has 1 heterocycles. The summed E-state index contributed by atoms with van der Waals surface area (Å²) in [6, 6.07) is 10.9. The standard InChI is InChI=1S/C17H16FN3S/c1-10-4-5-15-16(8-10)22-17(21-15)20-12(3)19-14-7-11(2)6-13(18)9-14/h4-9,19H,3H2,1-2H3,(H,20,21). The molecule has 0 saturated heterocycles. The normalized spacial score (nSPS) is 10.7. The number of nitrogens with zero attached hydrogens (tertiary/aromatic N) is 1. The van der Waals surface area contributed by atoms with Crippen LogP contribution in [0.15, 0.2) is 48.8 Å². The third kappa shape index (κ3) is 3.26. The van der Waals surface area contributed by atoms with E-state index < -0.39 is 0 Å². The van der Waals surface area contributed by atoms with Crippen LogP contribution in [0.1, 0.15) is 11.1 Å². The predicted molar refractivity (Wildman–Crippen MR) is 91.9 cm³/mol. The largest absolute Gasteiger partial charge is 0.342 e. The van der Waals surface area contributed by atoms with Crippen LogP contribution < -0.4 is 10.6 Å². The van der Waals surface area contributed by atoms with E-state index in [0.29, 0.717) is 11.5 Å². The van der Waals surface area contributed by atoms with Crippen LogP contribution in [0, 0.1) is 19.7 Å². The van der Waals surface area contributed by atoms with Gasteiger partial charge < -0.3 is 10.6 Å². The lowest BCUT2D eigenvalue weighted by atomic mass is 10.2. The number of thiazole rings is 1. The van der Waals surface area contributed by atoms with Crippen LogP contribution >= 0.6 is 11.3 Å². The van der Waals surface area contributed by atoms with Crippen LogP contribution in [0.5, 0.6) is 0 Å². The Labute approximate surface area is 132 Å². The summed E-state index contributed by atoms with van der Waals surface area (Å²) in [5.74, 6) is 0.284. The van der Waals surface area contributed by atoms with Gasteiger partial charge in [-0.2, -0.15) is 0 Å². The Kier molecular flexibility index (Phi) is 3.81. The first-order chi connectivity index (χ1) is 10.5. The quantitative estimate of drug-likeness (QED) is 0.708. The van der Waals surface area contributed by atoms with Gasteiger partial charge in [0.1, 0.15) is 11.6 Å². The number of anilines is 2. The lowest BCUT2D eigenvalue weighted by Gasteiger charge is -2.10. The molecule has 1 aromatic heterocycles. The second-order valence-corrected chi connectivity index (χ2v) is 6.27. The zero-order valence-electron chi connectivity index (χ0n) is 12.4. The number of aromatic nitrogens is 1. The van der Waals surface area contributed by atoms with Gasteiger partial charge in [0.15, 0.2) is 5.13 Å². The summed E-state index contributed by atoms with van der Waals surface area (Å²) in [6.45, 7) is 7.82. The van der Waals surface area contributed by atoms with Gasteiger partial charge in [0.25, 0.3) is 0 Å². The Morgan fingerprint density at radius 2 is 1.91 bits per heavy atom. The molecule has 0 saturated carbocycles. The predicted octanol–water partition coefficient (Wildman–Crippen LogP) is 5.05. The molecule has 5 heteroatoms. The molecular formula is C17H16FN3S. The summed E-state index contributed by atoms with van der Waals surface area (Å²) in [5, 5.41) is 6.92. The number of fused-ring (bicyclic) bond motifs is 1. The Morgan fingerprint density at radius 1 is 1.09 bits per heavy atom. The van der Waals surface area contributed by atoms with E-state index in [0.717, 1.165) is 20.9 Å². The van der Waals surface area contributed by atoms with E-state index in [4.69, 9.17) is 0 Å². The first kappa shape index (κ1) is 14.5. The highest BCUT2D eigenvalue weighted by Crippen LogP contribution is 2.27. The average molecular weight is 313 g/mol. The summed E-state index contributed by atoms with van der Waals surface area (Å²) < 4.78 is 14.5. The molecule has 0 aliphatic rings. The van der Waals surface area contributed by atoms with Crippen molar-refractivity contribution in [3.05, 3.63) is 65.7 Å². The van der Waals surface area contributed by atoms with Crippen molar-refractivity contribution in [3.8, 4) is 0 Å². The molecule has 0 atom stereocenters. The third-order valence-electron chi connectivity index (χ3n) is 3.14. The molecule has 22 heavy (non-hydrogen) atoms. The molecule has 0 radical (unpaired) electrons. The maximum atomic E-state index is 13.4. The van der Waals surface area contributed by atoms with Gasteiger partial charge in [-0.1, -0.05) is 24.0 Å². The van der Waals surface area contributed by atoms with Gasteiger partial charge in [0.05, 0.1) is 10.2 Å². The molecule has 0 spiro atoms. The number of nitrogens with one attached hydrogen (secondary N) is 2. The van der Waals surface area contributed by atoms with Crippen molar-refractivity contribution in [3.63, 3.8) is 0 Å². The van der Waals surface area contributed by atoms with Crippen molar-refractivity contribution >= 4 is 32.4 Å². The average Bonchev–Trinajstić information content (AvgIpc) is 2.78. The summed E-state index contributed by atoms with van der Waals surface area (Å²) in [7, 11) is 0. The molecule has 0 amide bonds. The minimum Gasteiger partial charge on any atom is -0.342 e. The SMILES string of the molecule is C=C(Nc1cc(C)cc(F)c1)Nc1nc2ccc(C)cc2s1. The molecule has 0 aliphatic carbocycles. The van der Waals surface area contributed by atoms with Crippen LogP contribution in [-0.4, -0.2) is 4.98 Å². The van der Waals surface area contributed by atoms with Crippen molar-refractivity contribution in [1.82, 2.24) is 4.98 Å². The van der Waals surface area contributed by atoms with Gasteiger partial charge in [-0.15, -0.1) is 0 Å². The van der Waals surface area contributed by atoms with Crippen molar-refractivity contribution in [2.45, 2.75) is 13.8 Å². The molecule has 3 aromatic rings. The maximum absolute atomic E-state index is 13.4. The number of hydrogen-bond donors (Lipinski definition) is 2. The monoisotopic (exact) mass is 313 g/mol. The van der Waals surface area contributed by atoms with Crippen molar-refractivity contribution in [2.75, 3.05) is 10.6 Å². The van der Waals surface area contributed by atoms with Crippen molar-refractivity contribution < 1.29 is 4.39 Å². The van der Waals surface area contributed by atoms with Gasteiger partial charge in [0.2, 0.25) is 0 Å². The fourth-order valence-electron chi connectivity index (χ4n) is 2.23. The Hall–Kier alpha value is -2.40. The maximum Gasteiger partial charge on any atom is 0.189 e. The number of hydrogen-bond acceptors (Lipinski definition) is 4. The van der Waals surface area contributed by atoms with Crippen LogP contribution in [0.2, 0.25) is 0 Å². The smallest absolute Gasteiger partial charge is 0.189 e. The second kappa shape index (κ2) is 5.77. The molecule has 0 bridgehead atoms. The van der Waals surface area contributed by atoms with E-state index in [9.17, 15) is 4.39 Å². The van der Waals surface area contributed by atoms with Crippen LogP contribution in [0.4, 0.5) is 15.2 Å². The Balaban J connectivity index is 1.75. The molecule has 3 nitrogen and oxygen atoms in total. The zero-order valence-corrected chi connectivity index (χ0v) is 13.2. The van der Waals surface area contributed by atoms with Gasteiger partial charge >= 0.3 is 0 Å². The number of benzene rings is 2. The molecule has 112 valence electrons. The number of rotatable bonds is 4. The van der Waals surface area contributed by atoms with Gasteiger partial charge in [-0.25, -0.2) is 9.37 Å². The lowest BCUT2D eigenvalue weighted by molar-refractivity contribution is 0.627. The number of aryl methyl sites for hydroxylation is 2. The molecule has 0 fully saturated rings. The van der Waals surface area contributed by atoms with Crippen molar-refractivity contribution in [1.29, 1.82) is 0 Å². The van der Waals surface area contributed by atoms with E-state index in [-0.39, 0.29) is 5.82 Å². The highest BCUT2D eigenvalue weighted by Gasteiger charge is 2.05. The first-order valence-electron chi connectivity index (χ1n) is 6.87. The van der Waals surface area contributed by atoms with E-state index in [2.05, 4.69) is 35.2 Å². The summed E-state index contributed by atoms with van der Waals surface area (Å²) in [5.41, 5.74) is 3.67. The fourth-order valence-corrected chi connectivity index (χ4v) is 3.22. The molecule has 2 N–H and O–H groups in total. The zero-order chi connectivity index (χ0) is 15.7. The molecule has 0 unspecified atom stereocenters. The van der Waals surface area contributed by atoms with Gasteiger partial charge in [-0.3, -0.25) is 0 Å². The van der Waals surface area contributed by atoms with E-state index >= 15 is 0 Å². The first-order valence-corrected chi connectivity index (χ1v) is 7.68. The van der Waals surface area contributed by atoms with Gasteiger partial charge in [0, 0.05) is 5.69 Å². The Bertz CT molecular complexity index is 834. The minimum absolute atomic E-state index is 0.272. The second-order valence-electron chi connectivity index (χ2n) is 5.24. The van der Waals surface area contributed by atoms with Crippen LogP contribution in [0.3, 0.4) is 0 Å². The molecule has 3 rings (SSSR count). The molecule has 0 aliphatic heterocycles. The number of halogens is 1. The highest BCUT2D eigenvalue weighted by atomic mass is 32.1. The van der Waals surface area contributed by atoms with Gasteiger partial charge in [-0.05, 0) is 55.3 Å². The summed E-state index contributed by atoms with van der Waals surface area (Å²) >= 11 is 1.56. The van der Waals surface area contributed by atoms with Crippen LogP contribution in [0.25, 0.3) is 10.2 Å². The lowest BCUT2D eigenvalue weighted by Crippen LogP contribution is -2.08. The van der Waals surface area contributed by atoms with Crippen molar-refractivity contribution in [2.24, 2.45) is 0 Å². The third-order valence-corrected chi connectivity index (χ3v) is 4.07. The topological polar surface area (TPSA) is 37.0 Å². The van der Waals surface area contributed by atoms with E-state index in [1.807, 2.05) is 25.1 Å².